The highest BCUT2D eigenvalue weighted by Crippen LogP contribution is 2.15. The second-order valence-corrected chi connectivity index (χ2v) is 4.83. The molecule has 0 aliphatic heterocycles. The Morgan fingerprint density at radius 1 is 1.00 bits per heavy atom. The largest absolute Gasteiger partial charge is 0.351 e. The zero-order valence-electron chi connectivity index (χ0n) is 12.4. The SMILES string of the molecule is NC(=O)Nc1ccc(NC(=O)c2cccc(-n3cnnn3)c2)cc1. The molecular formula is C15H13N7O2. The van der Waals surface area contributed by atoms with Crippen molar-refractivity contribution in [3.05, 3.63) is 60.4 Å². The van der Waals surface area contributed by atoms with E-state index in [4.69, 9.17) is 5.73 Å². The predicted molar refractivity (Wildman–Crippen MR) is 86.8 cm³/mol. The maximum Gasteiger partial charge on any atom is 0.316 e. The second-order valence-electron chi connectivity index (χ2n) is 4.83. The van der Waals surface area contributed by atoms with Gasteiger partial charge >= 0.3 is 6.03 Å². The van der Waals surface area contributed by atoms with Crippen LogP contribution in [-0.2, 0) is 0 Å². The Kier molecular flexibility index (Phi) is 4.15. The molecular weight excluding hydrogens is 310 g/mol. The Morgan fingerprint density at radius 3 is 2.33 bits per heavy atom. The van der Waals surface area contributed by atoms with Crippen LogP contribution in [0, 0.1) is 0 Å². The fraction of sp³-hybridized carbons (Fsp3) is 0. The fourth-order valence-electron chi connectivity index (χ4n) is 2.05. The molecule has 3 rings (SSSR count). The maximum absolute atomic E-state index is 12.3. The van der Waals surface area contributed by atoms with Crippen molar-refractivity contribution in [2.24, 2.45) is 5.73 Å². The third kappa shape index (κ3) is 3.53. The number of carbonyl (C=O) groups excluding carboxylic acids is 2. The molecule has 9 nitrogen and oxygen atoms in total. The van der Waals surface area contributed by atoms with Crippen LogP contribution in [0.4, 0.5) is 16.2 Å². The van der Waals surface area contributed by atoms with Crippen molar-refractivity contribution >= 4 is 23.3 Å². The van der Waals surface area contributed by atoms with Crippen LogP contribution in [0.2, 0.25) is 0 Å². The molecule has 2 aromatic carbocycles. The van der Waals surface area contributed by atoms with Crippen LogP contribution in [-0.4, -0.2) is 32.1 Å². The molecule has 0 spiro atoms. The Balaban J connectivity index is 1.73. The topological polar surface area (TPSA) is 128 Å². The van der Waals surface area contributed by atoms with Crippen molar-refractivity contribution in [3.63, 3.8) is 0 Å². The molecule has 0 bridgehead atoms. The smallest absolute Gasteiger partial charge is 0.316 e. The molecule has 24 heavy (non-hydrogen) atoms. The number of urea groups is 1. The first kappa shape index (κ1) is 15.2. The van der Waals surface area contributed by atoms with Crippen LogP contribution in [0.3, 0.4) is 0 Å². The van der Waals surface area contributed by atoms with Crippen LogP contribution in [0.15, 0.2) is 54.9 Å². The number of nitrogens with one attached hydrogen (secondary N) is 2. The zero-order chi connectivity index (χ0) is 16.9. The number of rotatable bonds is 4. The summed E-state index contributed by atoms with van der Waals surface area (Å²) in [5.41, 5.74) is 7.30. The highest BCUT2D eigenvalue weighted by molar-refractivity contribution is 6.04. The molecule has 4 N–H and O–H groups in total. The molecule has 0 fully saturated rings. The fourth-order valence-corrected chi connectivity index (χ4v) is 2.05. The van der Waals surface area contributed by atoms with Crippen molar-refractivity contribution in [3.8, 4) is 5.69 Å². The molecule has 0 radical (unpaired) electrons. The Labute approximate surface area is 136 Å². The number of hydrogen-bond acceptors (Lipinski definition) is 5. The number of benzene rings is 2. The average Bonchev–Trinajstić information content (AvgIpc) is 3.11. The average molecular weight is 323 g/mol. The summed E-state index contributed by atoms with van der Waals surface area (Å²) >= 11 is 0. The molecule has 9 heteroatoms. The monoisotopic (exact) mass is 323 g/mol. The van der Waals surface area contributed by atoms with E-state index in [2.05, 4.69) is 26.2 Å². The highest BCUT2D eigenvalue weighted by atomic mass is 16.2. The number of amides is 3. The normalized spacial score (nSPS) is 10.2. The number of nitrogens with zero attached hydrogens (tertiary/aromatic N) is 4. The Morgan fingerprint density at radius 2 is 1.71 bits per heavy atom. The number of anilines is 2. The van der Waals surface area contributed by atoms with E-state index in [1.165, 1.54) is 11.0 Å². The Bertz CT molecular complexity index is 860. The lowest BCUT2D eigenvalue weighted by Crippen LogP contribution is -2.19. The van der Waals surface area contributed by atoms with Crippen molar-refractivity contribution in [2.45, 2.75) is 0 Å². The van der Waals surface area contributed by atoms with Gasteiger partial charge in [0.15, 0.2) is 0 Å². The van der Waals surface area contributed by atoms with Gasteiger partial charge in [0.25, 0.3) is 5.91 Å². The van der Waals surface area contributed by atoms with Gasteiger partial charge in [-0.25, -0.2) is 9.48 Å². The number of aromatic nitrogens is 4. The molecule has 0 unspecified atom stereocenters. The molecule has 0 saturated carbocycles. The summed E-state index contributed by atoms with van der Waals surface area (Å²) in [6, 6.07) is 12.8. The van der Waals surface area contributed by atoms with Gasteiger partial charge in [-0.1, -0.05) is 6.07 Å². The van der Waals surface area contributed by atoms with Gasteiger partial charge in [-0.3, -0.25) is 4.79 Å². The van der Waals surface area contributed by atoms with E-state index in [1.54, 1.807) is 48.5 Å². The van der Waals surface area contributed by atoms with E-state index < -0.39 is 6.03 Å². The van der Waals surface area contributed by atoms with Gasteiger partial charge in [-0.15, -0.1) is 5.10 Å². The summed E-state index contributed by atoms with van der Waals surface area (Å²) in [6.07, 6.45) is 1.45. The van der Waals surface area contributed by atoms with Crippen LogP contribution in [0.5, 0.6) is 0 Å². The summed E-state index contributed by atoms with van der Waals surface area (Å²) in [6.45, 7) is 0. The van der Waals surface area contributed by atoms with Gasteiger partial charge in [0.05, 0.1) is 5.69 Å². The predicted octanol–water partition coefficient (Wildman–Crippen LogP) is 1.41. The minimum atomic E-state index is -0.647. The molecule has 0 aliphatic carbocycles. The molecule has 0 atom stereocenters. The van der Waals surface area contributed by atoms with Gasteiger partial charge in [-0.2, -0.15) is 0 Å². The lowest BCUT2D eigenvalue weighted by atomic mass is 10.2. The number of primary amides is 1. The van der Waals surface area contributed by atoms with E-state index in [0.717, 1.165) is 0 Å². The zero-order valence-corrected chi connectivity index (χ0v) is 12.4. The lowest BCUT2D eigenvalue weighted by Gasteiger charge is -2.08. The first-order valence-corrected chi connectivity index (χ1v) is 6.93. The minimum absolute atomic E-state index is 0.277. The van der Waals surface area contributed by atoms with Gasteiger partial charge in [0.1, 0.15) is 6.33 Å². The lowest BCUT2D eigenvalue weighted by molar-refractivity contribution is 0.102. The standard InChI is InChI=1S/C15H13N7O2/c16-15(24)19-12-6-4-11(5-7-12)18-14(23)10-2-1-3-13(8-10)22-9-17-20-21-22/h1-9H,(H,18,23)(H3,16,19,24). The Hall–Kier alpha value is -3.75. The van der Waals surface area contributed by atoms with Crippen LogP contribution < -0.4 is 16.4 Å². The highest BCUT2D eigenvalue weighted by Gasteiger charge is 2.08. The van der Waals surface area contributed by atoms with E-state index in [-0.39, 0.29) is 5.91 Å². The summed E-state index contributed by atoms with van der Waals surface area (Å²) < 4.78 is 1.46. The summed E-state index contributed by atoms with van der Waals surface area (Å²) in [4.78, 5) is 23.1. The number of carbonyl (C=O) groups is 2. The molecule has 3 aromatic rings. The first-order chi connectivity index (χ1) is 11.6. The maximum atomic E-state index is 12.3. The van der Waals surface area contributed by atoms with Gasteiger partial charge in [0, 0.05) is 16.9 Å². The molecule has 1 aromatic heterocycles. The van der Waals surface area contributed by atoms with Crippen molar-refractivity contribution < 1.29 is 9.59 Å². The number of tetrazole rings is 1. The van der Waals surface area contributed by atoms with E-state index in [9.17, 15) is 9.59 Å². The second kappa shape index (κ2) is 6.57. The van der Waals surface area contributed by atoms with Crippen LogP contribution in [0.1, 0.15) is 10.4 Å². The summed E-state index contributed by atoms with van der Waals surface area (Å²) in [5.74, 6) is -0.277. The quantitative estimate of drug-likeness (QED) is 0.668. The molecule has 3 amide bonds. The summed E-state index contributed by atoms with van der Waals surface area (Å²) in [5, 5.41) is 16.1. The number of hydrogen-bond donors (Lipinski definition) is 3. The molecule has 0 saturated heterocycles. The van der Waals surface area contributed by atoms with Crippen molar-refractivity contribution in [1.29, 1.82) is 0 Å². The van der Waals surface area contributed by atoms with Gasteiger partial charge in [-0.05, 0) is 52.9 Å². The number of nitrogens with two attached hydrogens (primary N) is 1. The van der Waals surface area contributed by atoms with E-state index in [1.807, 2.05) is 0 Å². The first-order valence-electron chi connectivity index (χ1n) is 6.93. The van der Waals surface area contributed by atoms with Crippen molar-refractivity contribution in [2.75, 3.05) is 10.6 Å². The van der Waals surface area contributed by atoms with Crippen molar-refractivity contribution in [1.82, 2.24) is 20.2 Å². The van der Waals surface area contributed by atoms with E-state index >= 15 is 0 Å². The van der Waals surface area contributed by atoms with Crippen LogP contribution in [0.25, 0.3) is 5.69 Å². The minimum Gasteiger partial charge on any atom is -0.351 e. The molecule has 120 valence electrons. The molecule has 0 aliphatic rings. The third-order valence-corrected chi connectivity index (χ3v) is 3.13. The van der Waals surface area contributed by atoms with Gasteiger partial charge < -0.3 is 16.4 Å². The molecule has 1 heterocycles. The van der Waals surface area contributed by atoms with Gasteiger partial charge in [0.2, 0.25) is 0 Å². The van der Waals surface area contributed by atoms with E-state index in [0.29, 0.717) is 22.6 Å². The summed E-state index contributed by atoms with van der Waals surface area (Å²) in [7, 11) is 0. The third-order valence-electron chi connectivity index (χ3n) is 3.13. The van der Waals surface area contributed by atoms with Crippen LogP contribution >= 0.6 is 0 Å².